The lowest BCUT2D eigenvalue weighted by Crippen LogP contribution is -2.42. The topological polar surface area (TPSA) is 99.0 Å². The molecular weight excluding hydrogens is 398 g/mol. The first-order valence-electron chi connectivity index (χ1n) is 9.44. The summed E-state index contributed by atoms with van der Waals surface area (Å²) in [6.07, 6.45) is 3.32. The van der Waals surface area contributed by atoms with Gasteiger partial charge in [0.05, 0.1) is 29.6 Å². The van der Waals surface area contributed by atoms with Crippen LogP contribution < -0.4 is 5.32 Å². The molecule has 2 amide bonds. The van der Waals surface area contributed by atoms with Gasteiger partial charge in [0.2, 0.25) is 5.91 Å². The first kappa shape index (κ1) is 19.9. The number of rotatable bonds is 4. The fourth-order valence-corrected chi connectivity index (χ4v) is 4.55. The smallest absolute Gasteiger partial charge is 0.252 e. The van der Waals surface area contributed by atoms with Crippen molar-refractivity contribution in [1.29, 1.82) is 5.26 Å². The molecule has 1 fully saturated rings. The number of benzene rings is 1. The fraction of sp³-hybridized carbons (Fsp3) is 0.227. The zero-order valence-corrected chi connectivity index (χ0v) is 17.1. The summed E-state index contributed by atoms with van der Waals surface area (Å²) in [5.41, 5.74) is 3.97. The minimum atomic E-state index is -0.438. The molecule has 3 aromatic rings. The van der Waals surface area contributed by atoms with E-state index < -0.39 is 6.04 Å². The number of hydrogen-bond donors (Lipinski definition) is 1. The number of fused-ring (bicyclic) bond motifs is 1. The Morgan fingerprint density at radius 3 is 2.93 bits per heavy atom. The van der Waals surface area contributed by atoms with Gasteiger partial charge in [0.15, 0.2) is 0 Å². The predicted octanol–water partition coefficient (Wildman–Crippen LogP) is 2.76. The average molecular weight is 417 g/mol. The van der Waals surface area contributed by atoms with E-state index in [2.05, 4.69) is 21.4 Å². The van der Waals surface area contributed by atoms with Crippen molar-refractivity contribution in [2.75, 3.05) is 18.2 Å². The second-order valence-electron chi connectivity index (χ2n) is 6.92. The van der Waals surface area contributed by atoms with Gasteiger partial charge < -0.3 is 10.2 Å². The zero-order valence-electron chi connectivity index (χ0n) is 16.3. The Hall–Kier alpha value is -3.44. The average Bonchev–Trinajstić information content (AvgIpc) is 3.26. The maximum absolute atomic E-state index is 12.9. The Bertz CT molecular complexity index is 1170. The van der Waals surface area contributed by atoms with Crippen LogP contribution >= 0.6 is 11.8 Å². The molecule has 30 heavy (non-hydrogen) atoms. The molecule has 1 N–H and O–H groups in total. The number of aromatic nitrogens is 2. The first-order chi connectivity index (χ1) is 14.6. The summed E-state index contributed by atoms with van der Waals surface area (Å²) in [4.78, 5) is 35.5. The lowest BCUT2D eigenvalue weighted by Gasteiger charge is -2.18. The van der Waals surface area contributed by atoms with Gasteiger partial charge in [-0.3, -0.25) is 19.6 Å². The molecule has 4 rings (SSSR count). The van der Waals surface area contributed by atoms with Crippen LogP contribution in [0.25, 0.3) is 22.0 Å². The molecule has 8 heteroatoms. The van der Waals surface area contributed by atoms with Gasteiger partial charge in [0.1, 0.15) is 6.04 Å². The van der Waals surface area contributed by atoms with E-state index in [0.717, 1.165) is 16.8 Å². The predicted molar refractivity (Wildman–Crippen MR) is 116 cm³/mol. The molecule has 1 aliphatic rings. The summed E-state index contributed by atoms with van der Waals surface area (Å²) in [7, 11) is 0. The summed E-state index contributed by atoms with van der Waals surface area (Å²) >= 11 is 1.53. The van der Waals surface area contributed by atoms with Crippen molar-refractivity contribution < 1.29 is 9.59 Å². The monoisotopic (exact) mass is 417 g/mol. The lowest BCUT2D eigenvalue weighted by atomic mass is 10.00. The maximum Gasteiger partial charge on any atom is 0.252 e. The van der Waals surface area contributed by atoms with Gasteiger partial charge in [-0.2, -0.15) is 5.26 Å². The van der Waals surface area contributed by atoms with Crippen molar-refractivity contribution in [3.8, 4) is 17.2 Å². The van der Waals surface area contributed by atoms with Crippen LogP contribution in [0.4, 0.5) is 0 Å². The molecule has 1 unspecified atom stereocenters. The quantitative estimate of drug-likeness (QED) is 0.701. The molecule has 0 bridgehead atoms. The van der Waals surface area contributed by atoms with Crippen LogP contribution in [0, 0.1) is 18.3 Å². The highest BCUT2D eigenvalue weighted by Gasteiger charge is 2.29. The highest BCUT2D eigenvalue weighted by Crippen LogP contribution is 2.27. The Labute approximate surface area is 178 Å². The van der Waals surface area contributed by atoms with Crippen molar-refractivity contribution in [2.24, 2.45) is 0 Å². The van der Waals surface area contributed by atoms with E-state index in [1.54, 1.807) is 18.5 Å². The molecule has 0 radical (unpaired) electrons. The number of nitrogens with zero attached hydrogens (tertiary/aromatic N) is 4. The van der Waals surface area contributed by atoms with Crippen LogP contribution in [0.2, 0.25) is 0 Å². The van der Waals surface area contributed by atoms with Gasteiger partial charge in [-0.15, -0.1) is 11.8 Å². The molecule has 150 valence electrons. The third-order valence-corrected chi connectivity index (χ3v) is 6.07. The number of nitrogens with one attached hydrogen (secondary N) is 1. The summed E-state index contributed by atoms with van der Waals surface area (Å²) in [5, 5.41) is 12.5. The van der Waals surface area contributed by atoms with Crippen molar-refractivity contribution >= 4 is 34.5 Å². The lowest BCUT2D eigenvalue weighted by molar-refractivity contribution is -0.129. The molecule has 2 aromatic heterocycles. The second kappa shape index (κ2) is 8.51. The first-order valence-corrected chi connectivity index (χ1v) is 10.6. The summed E-state index contributed by atoms with van der Waals surface area (Å²) in [6, 6.07) is 12.9. The Morgan fingerprint density at radius 1 is 1.27 bits per heavy atom. The zero-order chi connectivity index (χ0) is 21.1. The minimum Gasteiger partial charge on any atom is -0.343 e. The fourth-order valence-electron chi connectivity index (χ4n) is 3.45. The molecule has 1 aromatic carbocycles. The SMILES string of the molecule is Cc1ncccc1-c1ccc2nccc(C(=O)NCC(=O)N3CSCC3C#N)c2c1. The largest absolute Gasteiger partial charge is 0.343 e. The Morgan fingerprint density at radius 2 is 2.13 bits per heavy atom. The third-order valence-electron chi connectivity index (χ3n) is 5.06. The van der Waals surface area contributed by atoms with Gasteiger partial charge in [-0.05, 0) is 36.8 Å². The summed E-state index contributed by atoms with van der Waals surface area (Å²) < 4.78 is 0. The van der Waals surface area contributed by atoms with Crippen LogP contribution in [0.15, 0.2) is 48.8 Å². The minimum absolute atomic E-state index is 0.150. The van der Waals surface area contributed by atoms with E-state index in [1.807, 2.05) is 37.3 Å². The van der Waals surface area contributed by atoms with E-state index in [-0.39, 0.29) is 18.4 Å². The van der Waals surface area contributed by atoms with Crippen LogP contribution in [-0.2, 0) is 4.79 Å². The maximum atomic E-state index is 12.9. The summed E-state index contributed by atoms with van der Waals surface area (Å²) in [5.74, 6) is 0.460. The Balaban J connectivity index is 1.58. The molecule has 1 atom stereocenters. The number of carbonyl (C=O) groups is 2. The van der Waals surface area contributed by atoms with Gasteiger partial charge in [0, 0.05) is 34.8 Å². The molecule has 0 aliphatic carbocycles. The molecule has 1 saturated heterocycles. The molecule has 0 saturated carbocycles. The van der Waals surface area contributed by atoms with Crippen molar-refractivity contribution in [1.82, 2.24) is 20.2 Å². The molecule has 7 nitrogen and oxygen atoms in total. The number of carbonyl (C=O) groups excluding carboxylic acids is 2. The number of aryl methyl sites for hydroxylation is 1. The van der Waals surface area contributed by atoms with E-state index in [9.17, 15) is 9.59 Å². The number of amides is 2. The summed E-state index contributed by atoms with van der Waals surface area (Å²) in [6.45, 7) is 1.79. The van der Waals surface area contributed by atoms with Gasteiger partial charge >= 0.3 is 0 Å². The molecule has 3 heterocycles. The standard InChI is InChI=1S/C22H19N5O2S/c1-14-17(3-2-7-24-14)15-4-5-20-19(9-15)18(6-8-25-20)22(29)26-11-21(28)27-13-30-12-16(27)10-23/h2-9,16H,11-13H2,1H3,(H,26,29). The molecule has 0 spiro atoms. The number of nitriles is 1. The van der Waals surface area contributed by atoms with Crippen molar-refractivity contribution in [2.45, 2.75) is 13.0 Å². The van der Waals surface area contributed by atoms with Gasteiger partial charge in [-0.1, -0.05) is 12.1 Å². The van der Waals surface area contributed by atoms with Crippen LogP contribution in [0.5, 0.6) is 0 Å². The second-order valence-corrected chi connectivity index (χ2v) is 7.92. The van der Waals surface area contributed by atoms with Gasteiger partial charge in [0.25, 0.3) is 5.91 Å². The molecular formula is C22H19N5O2S. The van der Waals surface area contributed by atoms with Crippen LogP contribution in [-0.4, -0.2) is 50.9 Å². The highest BCUT2D eigenvalue weighted by atomic mass is 32.2. The van der Waals surface area contributed by atoms with E-state index >= 15 is 0 Å². The van der Waals surface area contributed by atoms with Crippen LogP contribution in [0.1, 0.15) is 16.1 Å². The van der Waals surface area contributed by atoms with E-state index in [4.69, 9.17) is 5.26 Å². The number of pyridine rings is 2. The van der Waals surface area contributed by atoms with E-state index in [1.165, 1.54) is 16.7 Å². The van der Waals surface area contributed by atoms with Crippen molar-refractivity contribution in [3.05, 3.63) is 60.0 Å². The van der Waals surface area contributed by atoms with Crippen LogP contribution in [0.3, 0.4) is 0 Å². The Kier molecular flexibility index (Phi) is 5.63. The third kappa shape index (κ3) is 3.84. The highest BCUT2D eigenvalue weighted by molar-refractivity contribution is 7.99. The number of thioether (sulfide) groups is 1. The number of hydrogen-bond acceptors (Lipinski definition) is 6. The van der Waals surface area contributed by atoms with E-state index in [0.29, 0.717) is 28.1 Å². The normalized spacial score (nSPS) is 15.7. The van der Waals surface area contributed by atoms with Gasteiger partial charge in [-0.25, -0.2) is 0 Å². The molecule has 1 aliphatic heterocycles. The van der Waals surface area contributed by atoms with Crippen molar-refractivity contribution in [3.63, 3.8) is 0 Å².